The number of ether oxygens (including phenoxy) is 1. The Bertz CT molecular complexity index is 69.4. The molecule has 9 heavy (non-hydrogen) atoms. The summed E-state index contributed by atoms with van der Waals surface area (Å²) in [5.74, 6) is 0.999. The van der Waals surface area contributed by atoms with E-state index in [0.717, 1.165) is 5.75 Å². The monoisotopic (exact) mass is 230 g/mol. The van der Waals surface area contributed by atoms with Gasteiger partial charge >= 0.3 is 0 Å². The Morgan fingerprint density at radius 3 is 2.44 bits per heavy atom. The minimum absolute atomic E-state index is 0. The summed E-state index contributed by atoms with van der Waals surface area (Å²) >= 11 is 6.36. The molecule has 4 heteroatoms. The SMILES string of the molecule is CCOC(=S)SCC.[Se]. The molecule has 0 N–H and O–H groups in total. The molecule has 0 atom stereocenters. The van der Waals surface area contributed by atoms with Crippen molar-refractivity contribution >= 4 is 45.4 Å². The zero-order chi connectivity index (χ0) is 6.41. The third-order valence-electron chi connectivity index (χ3n) is 0.524. The first-order valence-corrected chi connectivity index (χ1v) is 4.00. The van der Waals surface area contributed by atoms with E-state index in [-0.39, 0.29) is 17.1 Å². The molecule has 0 bridgehead atoms. The minimum Gasteiger partial charge on any atom is -0.479 e. The number of hydrogen-bond donors (Lipinski definition) is 0. The summed E-state index contributed by atoms with van der Waals surface area (Å²) in [6.45, 7) is 4.67. The zero-order valence-electron chi connectivity index (χ0n) is 5.55. The summed E-state index contributed by atoms with van der Waals surface area (Å²) in [5, 5.41) is 0. The summed E-state index contributed by atoms with van der Waals surface area (Å²) in [5.41, 5.74) is 0. The topological polar surface area (TPSA) is 9.23 Å². The molecule has 1 nitrogen and oxygen atoms in total. The van der Waals surface area contributed by atoms with E-state index in [9.17, 15) is 0 Å². The van der Waals surface area contributed by atoms with E-state index in [1.807, 2.05) is 6.92 Å². The fourth-order valence-electron chi connectivity index (χ4n) is 0.277. The van der Waals surface area contributed by atoms with Gasteiger partial charge in [-0.15, -0.1) is 0 Å². The molecule has 0 aliphatic carbocycles. The molecule has 0 aromatic heterocycles. The Morgan fingerprint density at radius 1 is 1.56 bits per heavy atom. The van der Waals surface area contributed by atoms with E-state index in [0.29, 0.717) is 11.0 Å². The molecule has 0 heterocycles. The minimum atomic E-state index is 0. The van der Waals surface area contributed by atoms with Crippen molar-refractivity contribution in [1.29, 1.82) is 0 Å². The molecule has 0 saturated heterocycles. The molecule has 0 aromatic rings. The van der Waals surface area contributed by atoms with E-state index in [4.69, 9.17) is 17.0 Å². The van der Waals surface area contributed by atoms with Gasteiger partial charge in [0.2, 0.25) is 4.38 Å². The van der Waals surface area contributed by atoms with E-state index in [1.54, 1.807) is 11.8 Å². The van der Waals surface area contributed by atoms with Gasteiger partial charge < -0.3 is 4.74 Å². The van der Waals surface area contributed by atoms with Gasteiger partial charge in [0.25, 0.3) is 0 Å². The number of rotatable bonds is 2. The van der Waals surface area contributed by atoms with E-state index in [2.05, 4.69) is 6.92 Å². The molecule has 0 fully saturated rings. The normalized spacial score (nSPS) is 7.78. The van der Waals surface area contributed by atoms with Crippen LogP contribution in [-0.2, 0) is 4.74 Å². The van der Waals surface area contributed by atoms with Crippen LogP contribution in [0, 0.1) is 0 Å². The van der Waals surface area contributed by atoms with Gasteiger partial charge in [0.1, 0.15) is 0 Å². The summed E-state index contributed by atoms with van der Waals surface area (Å²) in [6.07, 6.45) is 0. The van der Waals surface area contributed by atoms with Crippen LogP contribution in [-0.4, -0.2) is 33.8 Å². The molecule has 0 aliphatic rings. The van der Waals surface area contributed by atoms with Gasteiger partial charge in [-0.2, -0.15) is 0 Å². The van der Waals surface area contributed by atoms with Gasteiger partial charge in [-0.1, -0.05) is 18.7 Å². The molecule has 0 amide bonds. The first-order chi connectivity index (χ1) is 3.81. The van der Waals surface area contributed by atoms with Crippen molar-refractivity contribution in [3.05, 3.63) is 0 Å². The van der Waals surface area contributed by atoms with Crippen LogP contribution in [0.2, 0.25) is 0 Å². The Labute approximate surface area is 76.4 Å². The molecule has 0 rings (SSSR count). The van der Waals surface area contributed by atoms with E-state index < -0.39 is 0 Å². The largest absolute Gasteiger partial charge is 0.479 e. The fourth-order valence-corrected chi connectivity index (χ4v) is 1.19. The van der Waals surface area contributed by atoms with Crippen molar-refractivity contribution in [3.63, 3.8) is 0 Å². The van der Waals surface area contributed by atoms with Crippen molar-refractivity contribution in [2.45, 2.75) is 13.8 Å². The second kappa shape index (κ2) is 8.76. The van der Waals surface area contributed by atoms with Crippen molar-refractivity contribution in [2.75, 3.05) is 12.4 Å². The number of hydrogen-bond acceptors (Lipinski definition) is 3. The van der Waals surface area contributed by atoms with Crippen LogP contribution in [0.15, 0.2) is 0 Å². The molecule has 0 aliphatic heterocycles. The Hall–Kier alpha value is 0.759. The maximum Gasteiger partial charge on any atom is 0.219 e. The van der Waals surface area contributed by atoms with Crippen LogP contribution in [0.25, 0.3) is 0 Å². The average molecular weight is 229 g/mol. The predicted molar refractivity (Wildman–Crippen MR) is 48.1 cm³/mol. The van der Waals surface area contributed by atoms with Crippen molar-refractivity contribution in [3.8, 4) is 0 Å². The molecular formula is C5H10OS2Se. The van der Waals surface area contributed by atoms with Crippen molar-refractivity contribution in [2.24, 2.45) is 0 Å². The Morgan fingerprint density at radius 2 is 2.11 bits per heavy atom. The number of thioether (sulfide) groups is 1. The van der Waals surface area contributed by atoms with Gasteiger partial charge in [0, 0.05) is 17.1 Å². The summed E-state index contributed by atoms with van der Waals surface area (Å²) in [4.78, 5) is 0. The Balaban J connectivity index is 0. The van der Waals surface area contributed by atoms with Crippen LogP contribution in [0.4, 0.5) is 0 Å². The Kier molecular flexibility index (Phi) is 12.1. The van der Waals surface area contributed by atoms with Crippen LogP contribution in [0.5, 0.6) is 0 Å². The van der Waals surface area contributed by atoms with Gasteiger partial charge in [0.05, 0.1) is 6.61 Å². The third-order valence-corrected chi connectivity index (χ3v) is 1.64. The van der Waals surface area contributed by atoms with E-state index in [1.165, 1.54) is 0 Å². The smallest absolute Gasteiger partial charge is 0.219 e. The predicted octanol–water partition coefficient (Wildman–Crippen LogP) is 1.68. The second-order valence-corrected chi connectivity index (χ2v) is 2.98. The third kappa shape index (κ3) is 8.76. The van der Waals surface area contributed by atoms with Gasteiger partial charge in [-0.05, 0) is 24.9 Å². The summed E-state index contributed by atoms with van der Waals surface area (Å²) < 4.78 is 5.64. The van der Waals surface area contributed by atoms with Gasteiger partial charge in [-0.25, -0.2) is 0 Å². The standard InChI is InChI=1S/C5H10OS2.Se/c1-3-6-5(7)8-4-2;/h3-4H2,1-2H3;. The van der Waals surface area contributed by atoms with E-state index >= 15 is 0 Å². The number of thiocarbonyl (C=S) groups is 1. The van der Waals surface area contributed by atoms with Crippen molar-refractivity contribution in [1.82, 2.24) is 0 Å². The first-order valence-electron chi connectivity index (χ1n) is 2.60. The van der Waals surface area contributed by atoms with Crippen LogP contribution in [0.3, 0.4) is 0 Å². The van der Waals surface area contributed by atoms with Crippen LogP contribution >= 0.6 is 24.0 Å². The molecule has 2 radical (unpaired) electrons. The van der Waals surface area contributed by atoms with Crippen molar-refractivity contribution < 1.29 is 4.74 Å². The fraction of sp³-hybridized carbons (Fsp3) is 0.800. The molecule has 0 unspecified atom stereocenters. The quantitative estimate of drug-likeness (QED) is 0.526. The van der Waals surface area contributed by atoms with Gasteiger partial charge in [0.15, 0.2) is 0 Å². The summed E-state index contributed by atoms with van der Waals surface area (Å²) in [7, 11) is 0. The van der Waals surface area contributed by atoms with Crippen LogP contribution in [0.1, 0.15) is 13.8 Å². The maximum atomic E-state index is 4.98. The molecule has 0 saturated carbocycles. The maximum absolute atomic E-state index is 4.98. The average Bonchev–Trinajstić information content (AvgIpc) is 1.68. The molecule has 0 aromatic carbocycles. The molecule has 54 valence electrons. The second-order valence-electron chi connectivity index (χ2n) is 1.12. The zero-order valence-corrected chi connectivity index (χ0v) is 8.89. The first kappa shape index (κ1) is 12.4. The molecule has 0 spiro atoms. The summed E-state index contributed by atoms with van der Waals surface area (Å²) in [6, 6.07) is 0. The van der Waals surface area contributed by atoms with Crippen LogP contribution < -0.4 is 0 Å². The molecular weight excluding hydrogens is 219 g/mol. The van der Waals surface area contributed by atoms with Gasteiger partial charge in [-0.3, -0.25) is 0 Å².